The third-order valence-electron chi connectivity index (χ3n) is 2.42. The van der Waals surface area contributed by atoms with E-state index in [2.05, 4.69) is 5.32 Å². The number of carbonyl (C=O) groups is 2. The maximum Gasteiger partial charge on any atom is 0.338 e. The molecule has 1 rings (SSSR count). The van der Waals surface area contributed by atoms with Crippen molar-refractivity contribution in [2.75, 3.05) is 12.4 Å². The number of hydrogen-bond acceptors (Lipinski definition) is 3. The molecule has 0 aliphatic carbocycles. The predicted molar refractivity (Wildman–Crippen MR) is 79.0 cm³/mol. The average molecular weight is 298 g/mol. The molecule has 1 amide bonds. The van der Waals surface area contributed by atoms with Crippen LogP contribution in [0.1, 0.15) is 36.7 Å². The minimum Gasteiger partial charge on any atom is -0.456 e. The topological polar surface area (TPSA) is 55.4 Å². The molecular weight excluding hydrogens is 278 g/mol. The quantitative estimate of drug-likeness (QED) is 0.671. The Morgan fingerprint density at radius 2 is 2.00 bits per heavy atom. The summed E-state index contributed by atoms with van der Waals surface area (Å²) in [4.78, 5) is 22.9. The number of ether oxygens (including phenoxy) is 1. The molecule has 1 aromatic carbocycles. The van der Waals surface area contributed by atoms with E-state index in [9.17, 15) is 9.59 Å². The summed E-state index contributed by atoms with van der Waals surface area (Å²) in [5, 5.41) is 2.68. The summed E-state index contributed by atoms with van der Waals surface area (Å²) in [5.41, 5.74) is 0.964. The SMILES string of the molecule is CC(C)(C)OC(=O)c1cccc(CCNC(=O)CCl)c1. The highest BCUT2D eigenvalue weighted by Crippen LogP contribution is 2.13. The van der Waals surface area contributed by atoms with Crippen molar-refractivity contribution in [1.29, 1.82) is 0 Å². The summed E-state index contributed by atoms with van der Waals surface area (Å²) in [6, 6.07) is 7.20. The van der Waals surface area contributed by atoms with Crippen molar-refractivity contribution in [1.82, 2.24) is 5.32 Å². The highest BCUT2D eigenvalue weighted by Gasteiger charge is 2.17. The second-order valence-electron chi connectivity index (χ2n) is 5.44. The van der Waals surface area contributed by atoms with Crippen molar-refractivity contribution in [2.24, 2.45) is 0 Å². The van der Waals surface area contributed by atoms with Gasteiger partial charge in [0, 0.05) is 6.54 Å². The highest BCUT2D eigenvalue weighted by atomic mass is 35.5. The second kappa shape index (κ2) is 7.29. The normalized spacial score (nSPS) is 11.0. The van der Waals surface area contributed by atoms with Crippen LogP contribution in [-0.2, 0) is 16.0 Å². The number of rotatable bonds is 5. The molecule has 110 valence electrons. The number of hydrogen-bond donors (Lipinski definition) is 1. The molecule has 0 aromatic heterocycles. The summed E-state index contributed by atoms with van der Waals surface area (Å²) in [6.07, 6.45) is 0.638. The molecule has 0 unspecified atom stereocenters. The Morgan fingerprint density at radius 3 is 2.60 bits per heavy atom. The lowest BCUT2D eigenvalue weighted by atomic mass is 10.1. The summed E-state index contributed by atoms with van der Waals surface area (Å²) in [6.45, 7) is 5.98. The van der Waals surface area contributed by atoms with Crippen LogP contribution in [0.4, 0.5) is 0 Å². The Balaban J connectivity index is 2.61. The van der Waals surface area contributed by atoms with E-state index in [1.54, 1.807) is 18.2 Å². The third kappa shape index (κ3) is 6.06. The minimum atomic E-state index is -0.512. The van der Waals surface area contributed by atoms with Gasteiger partial charge in [-0.05, 0) is 44.9 Å². The number of halogens is 1. The Hall–Kier alpha value is -1.55. The van der Waals surface area contributed by atoms with Gasteiger partial charge in [-0.1, -0.05) is 12.1 Å². The molecule has 1 aromatic rings. The Morgan fingerprint density at radius 1 is 1.30 bits per heavy atom. The van der Waals surface area contributed by atoms with E-state index in [1.165, 1.54) is 0 Å². The Bertz CT molecular complexity index is 480. The van der Waals surface area contributed by atoms with E-state index in [-0.39, 0.29) is 17.8 Å². The minimum absolute atomic E-state index is 0.0437. The van der Waals surface area contributed by atoms with Gasteiger partial charge in [0.05, 0.1) is 5.56 Å². The molecule has 0 atom stereocenters. The van der Waals surface area contributed by atoms with Crippen LogP contribution in [0.2, 0.25) is 0 Å². The molecule has 0 saturated carbocycles. The van der Waals surface area contributed by atoms with Crippen molar-refractivity contribution in [2.45, 2.75) is 32.8 Å². The van der Waals surface area contributed by atoms with E-state index in [1.807, 2.05) is 26.8 Å². The van der Waals surface area contributed by atoms with Gasteiger partial charge in [0.25, 0.3) is 0 Å². The number of carbonyl (C=O) groups excluding carboxylic acids is 2. The predicted octanol–water partition coefficient (Wildman–Crippen LogP) is 2.54. The molecule has 0 saturated heterocycles. The van der Waals surface area contributed by atoms with Crippen LogP contribution < -0.4 is 5.32 Å². The lowest BCUT2D eigenvalue weighted by Gasteiger charge is -2.19. The van der Waals surface area contributed by atoms with Crippen molar-refractivity contribution < 1.29 is 14.3 Å². The van der Waals surface area contributed by atoms with E-state index >= 15 is 0 Å². The van der Waals surface area contributed by atoms with Crippen LogP contribution in [0.25, 0.3) is 0 Å². The van der Waals surface area contributed by atoms with E-state index < -0.39 is 5.60 Å². The molecule has 0 spiro atoms. The van der Waals surface area contributed by atoms with Crippen LogP contribution >= 0.6 is 11.6 Å². The van der Waals surface area contributed by atoms with Gasteiger partial charge in [0.15, 0.2) is 0 Å². The molecule has 0 aliphatic heterocycles. The molecule has 0 heterocycles. The van der Waals surface area contributed by atoms with Crippen LogP contribution in [-0.4, -0.2) is 29.9 Å². The van der Waals surface area contributed by atoms with Gasteiger partial charge < -0.3 is 10.1 Å². The number of amides is 1. The van der Waals surface area contributed by atoms with Gasteiger partial charge in [-0.15, -0.1) is 11.6 Å². The van der Waals surface area contributed by atoms with Gasteiger partial charge >= 0.3 is 5.97 Å². The summed E-state index contributed by atoms with van der Waals surface area (Å²) >= 11 is 5.39. The van der Waals surface area contributed by atoms with Gasteiger partial charge in [0.1, 0.15) is 11.5 Å². The lowest BCUT2D eigenvalue weighted by Crippen LogP contribution is -2.26. The molecule has 4 nitrogen and oxygen atoms in total. The van der Waals surface area contributed by atoms with Gasteiger partial charge in [-0.3, -0.25) is 4.79 Å². The van der Waals surface area contributed by atoms with Gasteiger partial charge in [0.2, 0.25) is 5.91 Å². The molecular formula is C15H20ClNO3. The maximum atomic E-state index is 11.9. The molecule has 0 fully saturated rings. The average Bonchev–Trinajstić information content (AvgIpc) is 2.37. The molecule has 5 heteroatoms. The zero-order chi connectivity index (χ0) is 15.2. The lowest BCUT2D eigenvalue weighted by molar-refractivity contribution is -0.118. The highest BCUT2D eigenvalue weighted by molar-refractivity contribution is 6.27. The summed E-state index contributed by atoms with van der Waals surface area (Å²) in [7, 11) is 0. The molecule has 0 bridgehead atoms. The third-order valence-corrected chi connectivity index (χ3v) is 2.66. The van der Waals surface area contributed by atoms with Crippen molar-refractivity contribution in [3.05, 3.63) is 35.4 Å². The number of alkyl halides is 1. The number of esters is 1. The van der Waals surface area contributed by atoms with Gasteiger partial charge in [-0.25, -0.2) is 4.79 Å². The Labute approximate surface area is 124 Å². The Kier molecular flexibility index (Phi) is 6.02. The monoisotopic (exact) mass is 297 g/mol. The number of benzene rings is 1. The summed E-state index contributed by atoms with van der Waals surface area (Å²) in [5.74, 6) is -0.586. The molecule has 0 aliphatic rings. The fraction of sp³-hybridized carbons (Fsp3) is 0.467. The van der Waals surface area contributed by atoms with Crippen LogP contribution in [0.5, 0.6) is 0 Å². The van der Waals surface area contributed by atoms with Gasteiger partial charge in [-0.2, -0.15) is 0 Å². The first-order valence-corrected chi connectivity index (χ1v) is 7.00. The number of nitrogens with one attached hydrogen (secondary N) is 1. The second-order valence-corrected chi connectivity index (χ2v) is 5.70. The van der Waals surface area contributed by atoms with Crippen LogP contribution in [0.3, 0.4) is 0 Å². The van der Waals surface area contributed by atoms with E-state index in [0.717, 1.165) is 5.56 Å². The van der Waals surface area contributed by atoms with Crippen LogP contribution in [0.15, 0.2) is 24.3 Å². The molecule has 1 N–H and O–H groups in total. The fourth-order valence-electron chi connectivity index (χ4n) is 1.58. The van der Waals surface area contributed by atoms with E-state index in [0.29, 0.717) is 18.5 Å². The smallest absolute Gasteiger partial charge is 0.338 e. The molecule has 20 heavy (non-hydrogen) atoms. The van der Waals surface area contributed by atoms with Crippen LogP contribution in [0, 0.1) is 0 Å². The van der Waals surface area contributed by atoms with Crippen molar-refractivity contribution in [3.8, 4) is 0 Å². The zero-order valence-electron chi connectivity index (χ0n) is 12.0. The standard InChI is InChI=1S/C15H20ClNO3/c1-15(2,3)20-14(19)12-6-4-5-11(9-12)7-8-17-13(18)10-16/h4-6,9H,7-8,10H2,1-3H3,(H,17,18). The first-order chi connectivity index (χ1) is 9.31. The largest absolute Gasteiger partial charge is 0.456 e. The first-order valence-electron chi connectivity index (χ1n) is 6.47. The maximum absolute atomic E-state index is 11.9. The van der Waals surface area contributed by atoms with Crippen molar-refractivity contribution in [3.63, 3.8) is 0 Å². The van der Waals surface area contributed by atoms with Crippen molar-refractivity contribution >= 4 is 23.5 Å². The zero-order valence-corrected chi connectivity index (χ0v) is 12.8. The first kappa shape index (κ1) is 16.5. The fourth-order valence-corrected chi connectivity index (χ4v) is 1.68. The van der Waals surface area contributed by atoms with E-state index in [4.69, 9.17) is 16.3 Å². The molecule has 0 radical (unpaired) electrons. The summed E-state index contributed by atoms with van der Waals surface area (Å²) < 4.78 is 5.31.